The predicted octanol–water partition coefficient (Wildman–Crippen LogP) is 1.73. The average Bonchev–Trinajstić information content (AvgIpc) is 2.69. The van der Waals surface area contributed by atoms with E-state index in [1.54, 1.807) is 12.1 Å². The number of carbonyl (C=O) groups excluding carboxylic acids is 2. The maximum absolute atomic E-state index is 12.5. The third kappa shape index (κ3) is 9.07. The van der Waals surface area contributed by atoms with E-state index in [-0.39, 0.29) is 25.0 Å². The molecule has 1 aliphatic heterocycles. The first-order valence-corrected chi connectivity index (χ1v) is 11.6. The molecule has 0 radical (unpaired) electrons. The highest BCUT2D eigenvalue weighted by atomic mass is 79.9. The molecule has 172 valence electrons. The van der Waals surface area contributed by atoms with Crippen LogP contribution in [-0.4, -0.2) is 80.9 Å². The first-order chi connectivity index (χ1) is 14.8. The van der Waals surface area contributed by atoms with Gasteiger partial charge in [-0.2, -0.15) is 0 Å². The molecule has 0 saturated carbocycles. The number of aliphatic hydroxyl groups excluding tert-OH is 1. The summed E-state index contributed by atoms with van der Waals surface area (Å²) < 4.78 is 12.4. The molecule has 0 spiro atoms. The number of benzene rings is 1. The highest BCUT2D eigenvalue weighted by Crippen LogP contribution is 2.21. The number of hydrogen-bond donors (Lipinski definition) is 3. The van der Waals surface area contributed by atoms with Gasteiger partial charge in [-0.05, 0) is 46.5 Å². The van der Waals surface area contributed by atoms with Crippen LogP contribution in [0.1, 0.15) is 30.6 Å². The number of amides is 2. The molecule has 8 nitrogen and oxygen atoms in total. The lowest BCUT2D eigenvalue weighted by atomic mass is 9.73. The Morgan fingerprint density at radius 1 is 1.29 bits per heavy atom. The summed E-state index contributed by atoms with van der Waals surface area (Å²) in [6.07, 6.45) is 0.671. The molecule has 2 amide bonds. The number of carbonyl (C=O) groups is 2. The van der Waals surface area contributed by atoms with E-state index in [4.69, 9.17) is 26.0 Å². The van der Waals surface area contributed by atoms with Crippen molar-refractivity contribution >= 4 is 46.5 Å². The molecule has 31 heavy (non-hydrogen) atoms. The van der Waals surface area contributed by atoms with Crippen molar-refractivity contribution in [3.63, 3.8) is 0 Å². The normalized spacial score (nSPS) is 16.5. The second-order valence-corrected chi connectivity index (χ2v) is 9.08. The van der Waals surface area contributed by atoms with Gasteiger partial charge in [0.1, 0.15) is 0 Å². The van der Waals surface area contributed by atoms with Gasteiger partial charge in [0.05, 0.1) is 24.7 Å². The van der Waals surface area contributed by atoms with Gasteiger partial charge in [-0.3, -0.25) is 14.5 Å². The highest BCUT2D eigenvalue weighted by molar-refractivity contribution is 9.10. The van der Waals surface area contributed by atoms with Crippen molar-refractivity contribution in [1.29, 1.82) is 0 Å². The molecule has 0 aliphatic carbocycles. The molecular weight excluding hydrogens is 488 g/mol. The van der Waals surface area contributed by atoms with Crippen LogP contribution in [0.4, 0.5) is 0 Å². The zero-order valence-corrected chi connectivity index (χ0v) is 20.2. The van der Waals surface area contributed by atoms with Gasteiger partial charge in [0.2, 0.25) is 5.91 Å². The Hall–Kier alpha value is -1.17. The minimum atomic E-state index is -0.569. The fourth-order valence-corrected chi connectivity index (χ4v) is 3.88. The zero-order chi connectivity index (χ0) is 22.8. The number of nitrogens with zero attached hydrogens (tertiary/aromatic N) is 1. The predicted molar refractivity (Wildman–Crippen MR) is 124 cm³/mol. The van der Waals surface area contributed by atoms with E-state index in [0.717, 1.165) is 0 Å². The molecule has 0 bridgehead atoms. The minimum absolute atomic E-state index is 0.0902. The highest BCUT2D eigenvalue weighted by Gasteiger charge is 2.33. The van der Waals surface area contributed by atoms with Crippen LogP contribution < -0.4 is 10.6 Å². The number of β-amino-alcohol motifs (C(OH)–C–C–N with tert-alkyl or cyclic N) is 1. The first-order valence-electron chi connectivity index (χ1n) is 10.4. The maximum atomic E-state index is 12.5. The minimum Gasteiger partial charge on any atom is -0.408 e. The Labute approximate surface area is 197 Å². The van der Waals surface area contributed by atoms with Gasteiger partial charge in [0.25, 0.3) is 5.91 Å². The molecule has 1 aromatic carbocycles. The Kier molecular flexibility index (Phi) is 11.3. The Morgan fingerprint density at radius 2 is 1.97 bits per heavy atom. The molecule has 11 heteroatoms. The molecule has 0 unspecified atom stereocenters. The molecule has 2 rings (SSSR count). The van der Waals surface area contributed by atoms with E-state index >= 15 is 0 Å². The van der Waals surface area contributed by atoms with Crippen LogP contribution in [0.25, 0.3) is 0 Å². The molecule has 1 fully saturated rings. The van der Waals surface area contributed by atoms with Gasteiger partial charge < -0.3 is 25.0 Å². The monoisotopic (exact) mass is 517 g/mol. The number of hydrogen-bond acceptors (Lipinski definition) is 6. The van der Waals surface area contributed by atoms with Crippen LogP contribution in [0, 0.1) is 5.92 Å². The summed E-state index contributed by atoms with van der Waals surface area (Å²) in [5, 5.41) is 15.1. The third-order valence-corrected chi connectivity index (χ3v) is 5.70. The fourth-order valence-electron chi connectivity index (χ4n) is 3.28. The van der Waals surface area contributed by atoms with Crippen LogP contribution in [0.2, 0.25) is 5.02 Å². The summed E-state index contributed by atoms with van der Waals surface area (Å²) in [5.41, 5.74) is 0.359. The second-order valence-electron chi connectivity index (χ2n) is 7.79. The lowest BCUT2D eigenvalue weighted by Crippen LogP contribution is -2.54. The van der Waals surface area contributed by atoms with Gasteiger partial charge in [-0.1, -0.05) is 25.4 Å². The number of halogens is 2. The molecule has 1 heterocycles. The van der Waals surface area contributed by atoms with Gasteiger partial charge in [-0.15, -0.1) is 0 Å². The summed E-state index contributed by atoms with van der Waals surface area (Å²) in [4.78, 5) is 27.0. The van der Waals surface area contributed by atoms with Crippen molar-refractivity contribution in [3.05, 3.63) is 33.3 Å². The summed E-state index contributed by atoms with van der Waals surface area (Å²) in [6, 6.07) is 4.89. The smallest absolute Gasteiger partial charge is 0.408 e. The molecular formula is C20H30BBrClN3O5. The van der Waals surface area contributed by atoms with Crippen molar-refractivity contribution in [2.45, 2.75) is 26.2 Å². The van der Waals surface area contributed by atoms with Crippen molar-refractivity contribution in [2.24, 2.45) is 5.92 Å². The van der Waals surface area contributed by atoms with Crippen LogP contribution in [-0.2, 0) is 14.1 Å². The second kappa shape index (κ2) is 13.4. The number of rotatable bonds is 9. The molecule has 3 N–H and O–H groups in total. The van der Waals surface area contributed by atoms with Crippen LogP contribution >= 0.6 is 27.5 Å². The fraction of sp³-hybridized carbons (Fsp3) is 0.600. The van der Waals surface area contributed by atoms with Crippen LogP contribution in [0.15, 0.2) is 22.7 Å². The lowest BCUT2D eigenvalue weighted by molar-refractivity contribution is -0.120. The summed E-state index contributed by atoms with van der Waals surface area (Å²) >= 11 is 9.27. The van der Waals surface area contributed by atoms with Crippen molar-refractivity contribution < 1.29 is 24.0 Å². The van der Waals surface area contributed by atoms with Gasteiger partial charge in [0.15, 0.2) is 0 Å². The Morgan fingerprint density at radius 3 is 2.58 bits per heavy atom. The largest absolute Gasteiger partial charge is 0.480 e. The summed E-state index contributed by atoms with van der Waals surface area (Å²) in [7, 11) is -0.569. The van der Waals surface area contributed by atoms with Crippen molar-refractivity contribution in [3.8, 4) is 0 Å². The first kappa shape index (κ1) is 26.1. The molecule has 1 aromatic rings. The van der Waals surface area contributed by atoms with Crippen molar-refractivity contribution in [2.75, 3.05) is 46.0 Å². The summed E-state index contributed by atoms with van der Waals surface area (Å²) in [6.45, 7) is 6.86. The van der Waals surface area contributed by atoms with E-state index in [2.05, 4.69) is 45.3 Å². The van der Waals surface area contributed by atoms with Crippen LogP contribution in [0.5, 0.6) is 0 Å². The Bertz CT molecular complexity index is 733. The van der Waals surface area contributed by atoms with Gasteiger partial charge in [0, 0.05) is 42.3 Å². The van der Waals surface area contributed by atoms with Gasteiger partial charge in [-0.25, -0.2) is 0 Å². The van der Waals surface area contributed by atoms with Crippen molar-refractivity contribution in [1.82, 2.24) is 15.5 Å². The molecule has 1 aliphatic rings. The molecule has 1 saturated heterocycles. The van der Waals surface area contributed by atoms with Crippen LogP contribution in [0.3, 0.4) is 0 Å². The van der Waals surface area contributed by atoms with E-state index in [1.165, 1.54) is 6.07 Å². The quantitative estimate of drug-likeness (QED) is 0.431. The average molecular weight is 519 g/mol. The summed E-state index contributed by atoms with van der Waals surface area (Å²) in [5.74, 6) is -0.752. The third-order valence-electron chi connectivity index (χ3n) is 4.78. The maximum Gasteiger partial charge on any atom is 0.480 e. The Balaban J connectivity index is 1.91. The van der Waals surface area contributed by atoms with E-state index < -0.39 is 13.0 Å². The van der Waals surface area contributed by atoms with E-state index in [0.29, 0.717) is 60.2 Å². The topological polar surface area (TPSA) is 100 Å². The van der Waals surface area contributed by atoms with Gasteiger partial charge >= 0.3 is 7.12 Å². The lowest BCUT2D eigenvalue weighted by Gasteiger charge is -2.31. The zero-order valence-electron chi connectivity index (χ0n) is 17.9. The standard InChI is InChI=1S/C20H30BBrClN3O5/c1-14(2)11-18(21-30-9-6-26(5-8-27)7-10-31-21)25-19(28)13-24-20(29)16-12-15(23)3-4-17(16)22/h3-4,12,14,18,27H,5-11,13H2,1-2H3,(H,24,29)(H,25,28)/t18-/m0/s1. The SMILES string of the molecule is CC(C)C[C@H](NC(=O)CNC(=O)c1cc(Cl)ccc1Br)B1OCCN(CCO)CCO1. The number of nitrogens with one attached hydrogen (secondary N) is 2. The van der Waals surface area contributed by atoms with E-state index in [1.807, 2.05) is 0 Å². The molecule has 0 aromatic heterocycles. The number of aliphatic hydroxyl groups is 1. The van der Waals surface area contributed by atoms with E-state index in [9.17, 15) is 9.59 Å². The molecule has 1 atom stereocenters.